The molecule has 5 heteroatoms. The van der Waals surface area contributed by atoms with Crippen LogP contribution in [0, 0.1) is 6.92 Å². The number of hydrogen-bond donors (Lipinski definition) is 1. The third kappa shape index (κ3) is 4.18. The van der Waals surface area contributed by atoms with Crippen molar-refractivity contribution in [3.8, 4) is 0 Å². The number of nitrogens with one attached hydrogen (secondary N) is 1. The Morgan fingerprint density at radius 2 is 2.00 bits per heavy atom. The Kier molecular flexibility index (Phi) is 5.33. The summed E-state index contributed by atoms with van der Waals surface area (Å²) in [5.41, 5.74) is 1.81. The van der Waals surface area contributed by atoms with Crippen molar-refractivity contribution in [3.05, 3.63) is 47.2 Å². The van der Waals surface area contributed by atoms with Gasteiger partial charge >= 0.3 is 0 Å². The van der Waals surface area contributed by atoms with E-state index < -0.39 is 0 Å². The minimum atomic E-state index is -0.184. The topological polar surface area (TPSA) is 58.4 Å². The molecule has 0 saturated carbocycles. The van der Waals surface area contributed by atoms with Gasteiger partial charge in [-0.2, -0.15) is 0 Å². The summed E-state index contributed by atoms with van der Waals surface area (Å²) in [6, 6.07) is 9.86. The monoisotopic (exact) mass is 301 g/mol. The first-order chi connectivity index (χ1) is 10.5. The Morgan fingerprint density at radius 1 is 1.32 bits per heavy atom. The van der Waals surface area contributed by atoms with E-state index in [1.54, 1.807) is 13.0 Å². The van der Waals surface area contributed by atoms with Gasteiger partial charge in [0.25, 0.3) is 5.91 Å². The molecule has 1 aromatic carbocycles. The fourth-order valence-corrected chi connectivity index (χ4v) is 2.27. The quantitative estimate of drug-likeness (QED) is 0.887. The molecule has 1 amide bonds. The molecular formula is C17H23N3O2. The van der Waals surface area contributed by atoms with E-state index in [0.717, 1.165) is 13.1 Å². The van der Waals surface area contributed by atoms with Gasteiger partial charge in [-0.1, -0.05) is 24.2 Å². The van der Waals surface area contributed by atoms with Gasteiger partial charge < -0.3 is 9.84 Å². The highest BCUT2D eigenvalue weighted by atomic mass is 16.5. The molecule has 0 saturated heterocycles. The van der Waals surface area contributed by atoms with E-state index in [4.69, 9.17) is 4.52 Å². The van der Waals surface area contributed by atoms with Crippen molar-refractivity contribution < 1.29 is 9.32 Å². The van der Waals surface area contributed by atoms with Gasteiger partial charge in [0.15, 0.2) is 5.82 Å². The fraction of sp³-hybridized carbons (Fsp3) is 0.412. The zero-order valence-electron chi connectivity index (χ0n) is 13.6. The number of anilines is 1. The van der Waals surface area contributed by atoms with Gasteiger partial charge in [0.05, 0.1) is 0 Å². The van der Waals surface area contributed by atoms with Crippen LogP contribution in [0.3, 0.4) is 0 Å². The molecule has 0 radical (unpaired) electrons. The maximum absolute atomic E-state index is 12.1. The number of aromatic nitrogens is 1. The van der Waals surface area contributed by atoms with Crippen molar-refractivity contribution in [3.63, 3.8) is 0 Å². The maximum Gasteiger partial charge on any atom is 0.256 e. The molecule has 0 aliphatic heterocycles. The third-order valence-electron chi connectivity index (χ3n) is 3.61. The first kappa shape index (κ1) is 16.2. The Balaban J connectivity index is 2.00. The first-order valence-corrected chi connectivity index (χ1v) is 7.57. The van der Waals surface area contributed by atoms with Crippen molar-refractivity contribution in [2.24, 2.45) is 0 Å². The molecular weight excluding hydrogens is 278 g/mol. The molecule has 22 heavy (non-hydrogen) atoms. The molecule has 0 atom stereocenters. The van der Waals surface area contributed by atoms with Crippen LogP contribution in [0.4, 0.5) is 5.82 Å². The molecule has 0 aliphatic rings. The second-order valence-electron chi connectivity index (χ2n) is 5.63. The second kappa shape index (κ2) is 7.22. The summed E-state index contributed by atoms with van der Waals surface area (Å²) in [6.07, 6.45) is 0. The van der Waals surface area contributed by atoms with Gasteiger partial charge in [-0.3, -0.25) is 9.69 Å². The van der Waals surface area contributed by atoms with E-state index in [2.05, 4.69) is 36.1 Å². The van der Waals surface area contributed by atoms with Crippen LogP contribution in [0.2, 0.25) is 0 Å². The molecule has 1 aromatic heterocycles. The van der Waals surface area contributed by atoms with E-state index in [-0.39, 0.29) is 5.91 Å². The highest BCUT2D eigenvalue weighted by Crippen LogP contribution is 2.12. The normalized spacial score (nSPS) is 11.2. The van der Waals surface area contributed by atoms with Gasteiger partial charge in [-0.05, 0) is 45.0 Å². The number of carbonyl (C=O) groups is 1. The number of benzene rings is 1. The summed E-state index contributed by atoms with van der Waals surface area (Å²) >= 11 is 0. The summed E-state index contributed by atoms with van der Waals surface area (Å²) in [7, 11) is 0. The van der Waals surface area contributed by atoms with Crippen molar-refractivity contribution >= 4 is 11.7 Å². The van der Waals surface area contributed by atoms with Gasteiger partial charge in [-0.15, -0.1) is 0 Å². The molecule has 0 aliphatic carbocycles. The smallest absolute Gasteiger partial charge is 0.256 e. The lowest BCUT2D eigenvalue weighted by molar-refractivity contribution is 0.102. The van der Waals surface area contributed by atoms with Gasteiger partial charge in [0, 0.05) is 24.2 Å². The second-order valence-corrected chi connectivity index (χ2v) is 5.63. The SMILES string of the molecule is CCN(Cc1ccc(C(=O)Nc2cc(C)on2)cc1)C(C)C. The highest BCUT2D eigenvalue weighted by Gasteiger charge is 2.11. The standard InChI is InChI=1S/C17H23N3O2/c1-5-20(12(2)3)11-14-6-8-15(9-7-14)17(21)18-16-10-13(4)22-19-16/h6-10,12H,5,11H2,1-4H3,(H,18,19,21). The Labute approximate surface area is 131 Å². The van der Waals surface area contributed by atoms with Crippen LogP contribution in [0.25, 0.3) is 0 Å². The van der Waals surface area contributed by atoms with Crippen LogP contribution >= 0.6 is 0 Å². The number of carbonyl (C=O) groups excluding carboxylic acids is 1. The zero-order chi connectivity index (χ0) is 16.1. The lowest BCUT2D eigenvalue weighted by Crippen LogP contribution is -2.29. The summed E-state index contributed by atoms with van der Waals surface area (Å²) in [5, 5.41) is 6.47. The molecule has 5 nitrogen and oxygen atoms in total. The molecule has 0 unspecified atom stereocenters. The highest BCUT2D eigenvalue weighted by molar-refractivity contribution is 6.03. The summed E-state index contributed by atoms with van der Waals surface area (Å²) in [4.78, 5) is 14.5. The first-order valence-electron chi connectivity index (χ1n) is 7.57. The summed E-state index contributed by atoms with van der Waals surface area (Å²) in [6.45, 7) is 10.2. The summed E-state index contributed by atoms with van der Waals surface area (Å²) < 4.78 is 4.93. The van der Waals surface area contributed by atoms with E-state index in [9.17, 15) is 4.79 Å². The Hall–Kier alpha value is -2.14. The molecule has 0 spiro atoms. The minimum Gasteiger partial charge on any atom is -0.360 e. The average molecular weight is 301 g/mol. The van der Waals surface area contributed by atoms with Crippen molar-refractivity contribution in [1.29, 1.82) is 0 Å². The van der Waals surface area contributed by atoms with E-state index in [1.807, 2.05) is 24.3 Å². The number of hydrogen-bond acceptors (Lipinski definition) is 4. The lowest BCUT2D eigenvalue weighted by atomic mass is 10.1. The van der Waals surface area contributed by atoms with E-state index >= 15 is 0 Å². The molecule has 1 N–H and O–H groups in total. The number of nitrogens with zero attached hydrogens (tertiary/aromatic N) is 2. The zero-order valence-corrected chi connectivity index (χ0v) is 13.6. The van der Waals surface area contributed by atoms with Crippen LogP contribution in [-0.4, -0.2) is 28.6 Å². The predicted molar refractivity (Wildman–Crippen MR) is 86.9 cm³/mol. The third-order valence-corrected chi connectivity index (χ3v) is 3.61. The van der Waals surface area contributed by atoms with Crippen molar-refractivity contribution in [1.82, 2.24) is 10.1 Å². The number of aryl methyl sites for hydroxylation is 1. The minimum absolute atomic E-state index is 0.184. The molecule has 1 heterocycles. The van der Waals surface area contributed by atoms with E-state index in [0.29, 0.717) is 23.2 Å². The summed E-state index contributed by atoms with van der Waals surface area (Å²) in [5.74, 6) is 0.915. The van der Waals surface area contributed by atoms with Gasteiger partial charge in [0.2, 0.25) is 0 Å². The van der Waals surface area contributed by atoms with Crippen LogP contribution in [0.15, 0.2) is 34.9 Å². The van der Waals surface area contributed by atoms with Crippen LogP contribution in [0.5, 0.6) is 0 Å². The molecule has 0 fully saturated rings. The predicted octanol–water partition coefficient (Wildman–Crippen LogP) is 3.47. The fourth-order valence-electron chi connectivity index (χ4n) is 2.27. The molecule has 2 rings (SSSR count). The molecule has 118 valence electrons. The maximum atomic E-state index is 12.1. The number of rotatable bonds is 6. The van der Waals surface area contributed by atoms with Crippen molar-refractivity contribution in [2.45, 2.75) is 40.3 Å². The van der Waals surface area contributed by atoms with Crippen molar-refractivity contribution in [2.75, 3.05) is 11.9 Å². The average Bonchev–Trinajstić information content (AvgIpc) is 2.90. The number of amides is 1. The molecule has 0 bridgehead atoms. The largest absolute Gasteiger partial charge is 0.360 e. The van der Waals surface area contributed by atoms with Gasteiger partial charge in [0.1, 0.15) is 5.76 Å². The van der Waals surface area contributed by atoms with Gasteiger partial charge in [-0.25, -0.2) is 0 Å². The van der Waals surface area contributed by atoms with Crippen LogP contribution in [-0.2, 0) is 6.54 Å². The van der Waals surface area contributed by atoms with Crippen LogP contribution < -0.4 is 5.32 Å². The van der Waals surface area contributed by atoms with Crippen LogP contribution in [0.1, 0.15) is 42.5 Å². The molecule has 2 aromatic rings. The Morgan fingerprint density at radius 3 is 2.50 bits per heavy atom. The lowest BCUT2D eigenvalue weighted by Gasteiger charge is -2.24. The Bertz CT molecular complexity index is 617. The van der Waals surface area contributed by atoms with E-state index in [1.165, 1.54) is 5.56 Å².